The molecule has 120 valence electrons. The van der Waals surface area contributed by atoms with Crippen molar-refractivity contribution in [3.63, 3.8) is 0 Å². The van der Waals surface area contributed by atoms with Crippen molar-refractivity contribution >= 4 is 10.0 Å². The highest BCUT2D eigenvalue weighted by atomic mass is 32.2. The van der Waals surface area contributed by atoms with Crippen LogP contribution in [0, 0.1) is 5.92 Å². The molecular weight excluding hydrogens is 300 g/mol. The van der Waals surface area contributed by atoms with E-state index in [0.717, 1.165) is 5.56 Å². The van der Waals surface area contributed by atoms with Gasteiger partial charge in [-0.05, 0) is 17.9 Å². The molecular formula is C15H22N4O2S. The summed E-state index contributed by atoms with van der Waals surface area (Å²) < 4.78 is 27.3. The zero-order valence-corrected chi connectivity index (χ0v) is 13.7. The molecule has 1 N–H and O–H groups in total. The molecule has 0 aliphatic heterocycles. The number of benzene rings is 1. The summed E-state index contributed by atoms with van der Waals surface area (Å²) in [5, 5.41) is 8.07. The molecule has 22 heavy (non-hydrogen) atoms. The number of nitrogens with one attached hydrogen (secondary N) is 1. The van der Waals surface area contributed by atoms with Gasteiger partial charge in [0.25, 0.3) is 0 Å². The Morgan fingerprint density at radius 1 is 1.14 bits per heavy atom. The van der Waals surface area contributed by atoms with Crippen molar-refractivity contribution in [2.75, 3.05) is 5.75 Å². The number of aryl methyl sites for hydroxylation is 1. The third kappa shape index (κ3) is 5.23. The average Bonchev–Trinajstić information content (AvgIpc) is 2.98. The number of sulfonamides is 1. The van der Waals surface area contributed by atoms with Gasteiger partial charge in [0.15, 0.2) is 0 Å². The second-order valence-corrected chi connectivity index (χ2v) is 7.48. The van der Waals surface area contributed by atoms with Gasteiger partial charge in [-0.3, -0.25) is 0 Å². The van der Waals surface area contributed by atoms with Crippen LogP contribution >= 0.6 is 0 Å². The monoisotopic (exact) mass is 322 g/mol. The highest BCUT2D eigenvalue weighted by Gasteiger charge is 2.21. The normalized spacial score (nSPS) is 13.4. The average molecular weight is 322 g/mol. The van der Waals surface area contributed by atoms with Crippen molar-refractivity contribution in [2.24, 2.45) is 5.92 Å². The number of hydrogen-bond donors (Lipinski definition) is 1. The van der Waals surface area contributed by atoms with Crippen LogP contribution in [-0.2, 0) is 23.0 Å². The Kier molecular flexibility index (Phi) is 5.68. The van der Waals surface area contributed by atoms with Crippen LogP contribution in [0.15, 0.2) is 42.7 Å². The first-order valence-electron chi connectivity index (χ1n) is 7.34. The molecule has 0 aliphatic rings. The van der Waals surface area contributed by atoms with Crippen molar-refractivity contribution in [1.29, 1.82) is 0 Å². The van der Waals surface area contributed by atoms with Gasteiger partial charge in [0.05, 0.1) is 24.7 Å². The minimum atomic E-state index is -3.35. The Morgan fingerprint density at radius 2 is 1.77 bits per heavy atom. The van der Waals surface area contributed by atoms with Crippen molar-refractivity contribution in [2.45, 2.75) is 32.9 Å². The molecule has 0 saturated carbocycles. The van der Waals surface area contributed by atoms with E-state index >= 15 is 0 Å². The third-order valence-corrected chi connectivity index (χ3v) is 4.87. The number of rotatable bonds is 8. The molecule has 1 unspecified atom stereocenters. The molecule has 0 bridgehead atoms. The van der Waals surface area contributed by atoms with E-state index in [1.807, 2.05) is 44.2 Å². The maximum atomic E-state index is 12.3. The predicted octanol–water partition coefficient (Wildman–Crippen LogP) is 1.46. The summed E-state index contributed by atoms with van der Waals surface area (Å²) in [6.45, 7) is 4.39. The van der Waals surface area contributed by atoms with Gasteiger partial charge in [0, 0.05) is 6.04 Å². The van der Waals surface area contributed by atoms with E-state index < -0.39 is 10.0 Å². The molecule has 1 aromatic heterocycles. The minimum absolute atomic E-state index is 0.0762. The topological polar surface area (TPSA) is 76.9 Å². The van der Waals surface area contributed by atoms with Gasteiger partial charge in [0.1, 0.15) is 0 Å². The van der Waals surface area contributed by atoms with Crippen LogP contribution in [0.5, 0.6) is 0 Å². The highest BCUT2D eigenvalue weighted by molar-refractivity contribution is 7.89. The van der Waals surface area contributed by atoms with Crippen molar-refractivity contribution in [3.8, 4) is 0 Å². The van der Waals surface area contributed by atoms with Gasteiger partial charge in [0.2, 0.25) is 10.0 Å². The van der Waals surface area contributed by atoms with E-state index in [4.69, 9.17) is 0 Å². The summed E-state index contributed by atoms with van der Waals surface area (Å²) in [7, 11) is -3.35. The molecule has 0 aliphatic carbocycles. The number of hydrogen-bond acceptors (Lipinski definition) is 4. The van der Waals surface area contributed by atoms with Crippen LogP contribution in [-0.4, -0.2) is 35.2 Å². The second kappa shape index (κ2) is 7.51. The van der Waals surface area contributed by atoms with Crippen LogP contribution in [0.1, 0.15) is 19.4 Å². The molecule has 6 nitrogen and oxygen atoms in total. The van der Waals surface area contributed by atoms with Crippen LogP contribution in [0.3, 0.4) is 0 Å². The van der Waals surface area contributed by atoms with E-state index in [9.17, 15) is 8.42 Å². The van der Waals surface area contributed by atoms with Crippen molar-refractivity contribution in [3.05, 3.63) is 48.3 Å². The van der Waals surface area contributed by atoms with E-state index in [2.05, 4.69) is 14.9 Å². The van der Waals surface area contributed by atoms with E-state index in [1.165, 1.54) is 4.80 Å². The van der Waals surface area contributed by atoms with Gasteiger partial charge >= 0.3 is 0 Å². The molecule has 0 fully saturated rings. The molecule has 1 heterocycles. The summed E-state index contributed by atoms with van der Waals surface area (Å²) >= 11 is 0. The van der Waals surface area contributed by atoms with Crippen LogP contribution in [0.25, 0.3) is 0 Å². The zero-order valence-electron chi connectivity index (χ0n) is 12.9. The lowest BCUT2D eigenvalue weighted by atomic mass is 10.1. The van der Waals surface area contributed by atoms with Crippen LogP contribution in [0.4, 0.5) is 0 Å². The third-order valence-electron chi connectivity index (χ3n) is 3.46. The summed E-state index contributed by atoms with van der Waals surface area (Å²) in [5.74, 6) is 0.227. The summed E-state index contributed by atoms with van der Waals surface area (Å²) in [4.78, 5) is 1.50. The lowest BCUT2D eigenvalue weighted by Crippen LogP contribution is -2.43. The lowest BCUT2D eigenvalue weighted by Gasteiger charge is -2.21. The smallest absolute Gasteiger partial charge is 0.212 e. The molecule has 0 saturated heterocycles. The molecule has 1 aromatic carbocycles. The van der Waals surface area contributed by atoms with Gasteiger partial charge in [-0.1, -0.05) is 44.2 Å². The summed E-state index contributed by atoms with van der Waals surface area (Å²) in [5.41, 5.74) is 1.02. The van der Waals surface area contributed by atoms with Crippen molar-refractivity contribution in [1.82, 2.24) is 19.7 Å². The van der Waals surface area contributed by atoms with Gasteiger partial charge < -0.3 is 0 Å². The number of nitrogens with zero attached hydrogens (tertiary/aromatic N) is 3. The maximum absolute atomic E-state index is 12.3. The molecule has 2 rings (SSSR count). The highest BCUT2D eigenvalue weighted by Crippen LogP contribution is 2.07. The van der Waals surface area contributed by atoms with E-state index in [-0.39, 0.29) is 17.7 Å². The zero-order chi connectivity index (χ0) is 16.0. The Morgan fingerprint density at radius 3 is 2.36 bits per heavy atom. The fourth-order valence-corrected chi connectivity index (χ4v) is 3.51. The summed E-state index contributed by atoms with van der Waals surface area (Å²) in [6, 6.07) is 9.38. The molecule has 2 aromatic rings. The standard InChI is InChI=1S/C15H22N4O2S/c1-13(2)15(12-19-16-9-10-17-19)18-22(20,21)11-8-14-6-4-3-5-7-14/h3-7,9-10,13,15,18H,8,11-12H2,1-2H3. The maximum Gasteiger partial charge on any atom is 0.212 e. The Labute approximate surface area is 131 Å². The van der Waals surface area contributed by atoms with E-state index in [0.29, 0.717) is 13.0 Å². The predicted molar refractivity (Wildman–Crippen MR) is 85.7 cm³/mol. The molecule has 1 atom stereocenters. The first-order chi connectivity index (χ1) is 10.5. The van der Waals surface area contributed by atoms with Crippen molar-refractivity contribution < 1.29 is 8.42 Å². The summed E-state index contributed by atoms with van der Waals surface area (Å²) in [6.07, 6.45) is 3.67. The first-order valence-corrected chi connectivity index (χ1v) is 8.99. The van der Waals surface area contributed by atoms with Crippen LogP contribution in [0.2, 0.25) is 0 Å². The Hall–Kier alpha value is -1.73. The fourth-order valence-electron chi connectivity index (χ4n) is 2.08. The quantitative estimate of drug-likeness (QED) is 0.798. The largest absolute Gasteiger partial charge is 0.212 e. The van der Waals surface area contributed by atoms with E-state index in [1.54, 1.807) is 12.4 Å². The SMILES string of the molecule is CC(C)C(Cn1nccn1)NS(=O)(=O)CCc1ccccc1. The van der Waals surface area contributed by atoms with Gasteiger partial charge in [-0.2, -0.15) is 15.0 Å². The van der Waals surface area contributed by atoms with Gasteiger partial charge in [-0.25, -0.2) is 13.1 Å². The first kappa shape index (κ1) is 16.6. The molecule has 0 amide bonds. The molecule has 7 heteroatoms. The van der Waals surface area contributed by atoms with Gasteiger partial charge in [-0.15, -0.1) is 0 Å². The van der Waals surface area contributed by atoms with Crippen LogP contribution < -0.4 is 4.72 Å². The Balaban J connectivity index is 1.95. The second-order valence-electron chi connectivity index (χ2n) is 5.61. The Bertz CT molecular complexity index is 654. The number of aromatic nitrogens is 3. The fraction of sp³-hybridized carbons (Fsp3) is 0.467. The lowest BCUT2D eigenvalue weighted by molar-refractivity contribution is 0.361. The molecule has 0 spiro atoms. The molecule has 0 radical (unpaired) electrons. The minimum Gasteiger partial charge on any atom is -0.212 e.